The van der Waals surface area contributed by atoms with Crippen molar-refractivity contribution in [2.75, 3.05) is 11.9 Å². The molecule has 0 saturated heterocycles. The fourth-order valence-corrected chi connectivity index (χ4v) is 1.38. The van der Waals surface area contributed by atoms with Crippen molar-refractivity contribution in [2.45, 2.75) is 20.4 Å². The molecule has 0 aliphatic carbocycles. The second-order valence-electron chi connectivity index (χ2n) is 4.23. The summed E-state index contributed by atoms with van der Waals surface area (Å²) in [4.78, 5) is 22.4. The van der Waals surface area contributed by atoms with Gasteiger partial charge in [0.2, 0.25) is 11.8 Å². The highest BCUT2D eigenvalue weighted by Gasteiger charge is 2.09. The monoisotopic (exact) mass is 285 g/mol. The topological polar surface area (TPSA) is 84.2 Å². The van der Waals surface area contributed by atoms with E-state index in [0.717, 1.165) is 11.3 Å². The van der Waals surface area contributed by atoms with E-state index < -0.39 is 0 Å². The molecular weight excluding hydrogens is 266 g/mol. The van der Waals surface area contributed by atoms with Gasteiger partial charge in [0.1, 0.15) is 0 Å². The van der Waals surface area contributed by atoms with Gasteiger partial charge in [-0.3, -0.25) is 9.59 Å². The third-order valence-electron chi connectivity index (χ3n) is 2.54. The predicted octanol–water partition coefficient (Wildman–Crippen LogP) is 1.28. The zero-order chi connectivity index (χ0) is 13.5. The van der Waals surface area contributed by atoms with E-state index in [2.05, 4.69) is 10.6 Å². The van der Waals surface area contributed by atoms with Gasteiger partial charge in [-0.1, -0.05) is 19.1 Å². The summed E-state index contributed by atoms with van der Waals surface area (Å²) >= 11 is 0. The largest absolute Gasteiger partial charge is 0.352 e. The Balaban J connectivity index is 0.00000324. The number of amides is 2. The second-order valence-corrected chi connectivity index (χ2v) is 4.23. The van der Waals surface area contributed by atoms with E-state index in [1.54, 1.807) is 19.1 Å². The van der Waals surface area contributed by atoms with Crippen LogP contribution >= 0.6 is 12.4 Å². The van der Waals surface area contributed by atoms with Crippen LogP contribution in [0.3, 0.4) is 0 Å². The highest BCUT2D eigenvalue weighted by Crippen LogP contribution is 2.09. The van der Waals surface area contributed by atoms with Gasteiger partial charge >= 0.3 is 0 Å². The molecule has 19 heavy (non-hydrogen) atoms. The van der Waals surface area contributed by atoms with E-state index in [1.807, 2.05) is 12.1 Å². The zero-order valence-corrected chi connectivity index (χ0v) is 11.9. The number of hydrogen-bond acceptors (Lipinski definition) is 3. The normalized spacial score (nSPS) is 11.1. The minimum Gasteiger partial charge on any atom is -0.352 e. The van der Waals surface area contributed by atoms with Crippen molar-refractivity contribution in [3.63, 3.8) is 0 Å². The van der Waals surface area contributed by atoms with Crippen LogP contribution in [0.15, 0.2) is 24.3 Å². The van der Waals surface area contributed by atoms with Crippen molar-refractivity contribution in [3.8, 4) is 0 Å². The van der Waals surface area contributed by atoms with Gasteiger partial charge in [-0.15, -0.1) is 12.4 Å². The van der Waals surface area contributed by atoms with Crippen molar-refractivity contribution in [3.05, 3.63) is 29.8 Å². The summed E-state index contributed by atoms with van der Waals surface area (Å²) < 4.78 is 0. The van der Waals surface area contributed by atoms with Crippen molar-refractivity contribution in [2.24, 2.45) is 11.7 Å². The smallest absolute Gasteiger partial charge is 0.224 e. The number of benzene rings is 1. The summed E-state index contributed by atoms with van der Waals surface area (Å²) in [7, 11) is 0. The molecule has 1 aromatic rings. The highest BCUT2D eigenvalue weighted by atomic mass is 35.5. The van der Waals surface area contributed by atoms with Gasteiger partial charge in [0.05, 0.1) is 0 Å². The summed E-state index contributed by atoms with van der Waals surface area (Å²) in [6.07, 6.45) is 0. The third kappa shape index (κ3) is 6.22. The van der Waals surface area contributed by atoms with Gasteiger partial charge < -0.3 is 16.4 Å². The lowest BCUT2D eigenvalue weighted by atomic mass is 10.1. The van der Waals surface area contributed by atoms with E-state index >= 15 is 0 Å². The molecule has 5 nitrogen and oxygen atoms in total. The Hall–Kier alpha value is -1.59. The van der Waals surface area contributed by atoms with Crippen molar-refractivity contribution < 1.29 is 9.59 Å². The average molecular weight is 286 g/mol. The molecule has 0 radical (unpaired) electrons. The molecule has 2 amide bonds. The molecule has 0 bridgehead atoms. The molecule has 1 aromatic carbocycles. The summed E-state index contributed by atoms with van der Waals surface area (Å²) in [5, 5.41) is 5.49. The van der Waals surface area contributed by atoms with E-state index in [9.17, 15) is 9.59 Å². The number of halogens is 1. The van der Waals surface area contributed by atoms with Crippen molar-refractivity contribution in [1.82, 2.24) is 5.32 Å². The van der Waals surface area contributed by atoms with E-state index in [0.29, 0.717) is 13.1 Å². The Morgan fingerprint density at radius 1 is 1.26 bits per heavy atom. The standard InChI is InChI=1S/C13H19N3O2.ClH/c1-9(7-14)13(18)15-8-11-3-5-12(6-4-11)16-10(2)17;/h3-6,9H,7-8,14H2,1-2H3,(H,15,18)(H,16,17);1H. The van der Waals surface area contributed by atoms with Crippen LogP contribution in [0.25, 0.3) is 0 Å². The lowest BCUT2D eigenvalue weighted by Gasteiger charge is -2.10. The molecule has 4 N–H and O–H groups in total. The number of carbonyl (C=O) groups is 2. The molecule has 0 aromatic heterocycles. The van der Waals surface area contributed by atoms with Gasteiger partial charge in [-0.25, -0.2) is 0 Å². The maximum absolute atomic E-state index is 11.5. The molecule has 0 aliphatic heterocycles. The Kier molecular flexibility index (Phi) is 7.79. The maximum Gasteiger partial charge on any atom is 0.224 e. The Morgan fingerprint density at radius 3 is 2.32 bits per heavy atom. The van der Waals surface area contributed by atoms with Crippen LogP contribution < -0.4 is 16.4 Å². The van der Waals surface area contributed by atoms with Crippen molar-refractivity contribution in [1.29, 1.82) is 0 Å². The van der Waals surface area contributed by atoms with E-state index in [4.69, 9.17) is 5.73 Å². The number of anilines is 1. The van der Waals surface area contributed by atoms with Gasteiger partial charge in [0.25, 0.3) is 0 Å². The first-order chi connectivity index (χ1) is 8.52. The highest BCUT2D eigenvalue weighted by molar-refractivity contribution is 5.88. The lowest BCUT2D eigenvalue weighted by Crippen LogP contribution is -2.32. The number of hydrogen-bond donors (Lipinski definition) is 3. The van der Waals surface area contributed by atoms with Crippen molar-refractivity contribution >= 4 is 29.9 Å². The molecule has 0 heterocycles. The number of nitrogens with two attached hydrogens (primary N) is 1. The predicted molar refractivity (Wildman–Crippen MR) is 78.1 cm³/mol. The summed E-state index contributed by atoms with van der Waals surface area (Å²) in [5.74, 6) is -0.333. The fraction of sp³-hybridized carbons (Fsp3) is 0.385. The first-order valence-corrected chi connectivity index (χ1v) is 5.87. The second kappa shape index (κ2) is 8.50. The minimum absolute atomic E-state index is 0. The van der Waals surface area contributed by atoms with Gasteiger partial charge in [-0.05, 0) is 17.7 Å². The molecule has 0 aliphatic rings. The molecule has 1 unspecified atom stereocenters. The zero-order valence-electron chi connectivity index (χ0n) is 11.1. The van der Waals surface area contributed by atoms with Crippen LogP contribution in [0.1, 0.15) is 19.4 Å². The lowest BCUT2D eigenvalue weighted by molar-refractivity contribution is -0.124. The Morgan fingerprint density at radius 2 is 1.84 bits per heavy atom. The average Bonchev–Trinajstić information content (AvgIpc) is 2.36. The van der Waals surface area contributed by atoms with Gasteiger partial charge in [0, 0.05) is 31.6 Å². The number of carbonyl (C=O) groups excluding carboxylic acids is 2. The molecule has 0 fully saturated rings. The first-order valence-electron chi connectivity index (χ1n) is 5.87. The Labute approximate surface area is 119 Å². The van der Waals surface area contributed by atoms with Crippen LogP contribution in [-0.4, -0.2) is 18.4 Å². The molecule has 1 rings (SSSR count). The molecule has 6 heteroatoms. The number of rotatable bonds is 5. The van der Waals surface area contributed by atoms with Crippen LogP contribution in [0.2, 0.25) is 0 Å². The van der Waals surface area contributed by atoms with Gasteiger partial charge in [-0.2, -0.15) is 0 Å². The first kappa shape index (κ1) is 17.4. The fourth-order valence-electron chi connectivity index (χ4n) is 1.38. The van der Waals surface area contributed by atoms with Crippen LogP contribution in [0.5, 0.6) is 0 Å². The number of nitrogens with one attached hydrogen (secondary N) is 2. The van der Waals surface area contributed by atoms with Gasteiger partial charge in [0.15, 0.2) is 0 Å². The molecule has 0 saturated carbocycles. The van der Waals surface area contributed by atoms with E-state index in [1.165, 1.54) is 6.92 Å². The minimum atomic E-state index is -0.177. The quantitative estimate of drug-likeness (QED) is 0.762. The molecular formula is C13H20ClN3O2. The van der Waals surface area contributed by atoms with Crippen LogP contribution in [-0.2, 0) is 16.1 Å². The summed E-state index contributed by atoms with van der Waals surface area (Å²) in [5.41, 5.74) is 7.12. The van der Waals surface area contributed by atoms with E-state index in [-0.39, 0.29) is 30.1 Å². The summed E-state index contributed by atoms with van der Waals surface area (Å²) in [6, 6.07) is 7.32. The molecule has 0 spiro atoms. The third-order valence-corrected chi connectivity index (χ3v) is 2.54. The van der Waals surface area contributed by atoms with Crippen LogP contribution in [0, 0.1) is 5.92 Å². The van der Waals surface area contributed by atoms with Crippen LogP contribution in [0.4, 0.5) is 5.69 Å². The Bertz CT molecular complexity index is 420. The molecule has 1 atom stereocenters. The summed E-state index contributed by atoms with van der Waals surface area (Å²) in [6.45, 7) is 4.05. The maximum atomic E-state index is 11.5. The molecule has 106 valence electrons. The SMILES string of the molecule is CC(=O)Nc1ccc(CNC(=O)C(C)CN)cc1.Cl.